The third-order valence-corrected chi connectivity index (χ3v) is 4.27. The first-order valence-electron chi connectivity index (χ1n) is 6.06. The normalized spacial score (nSPS) is 41.1. The van der Waals surface area contributed by atoms with Gasteiger partial charge in [-0.3, -0.25) is 0 Å². The van der Waals surface area contributed by atoms with E-state index >= 15 is 0 Å². The minimum absolute atomic E-state index is 1.18. The van der Waals surface area contributed by atoms with E-state index in [9.17, 15) is 0 Å². The minimum atomic E-state index is 1.18. The van der Waals surface area contributed by atoms with Crippen molar-refractivity contribution in [2.75, 3.05) is 0 Å². The molecule has 4 heteroatoms. The molecule has 0 saturated heterocycles. The van der Waals surface area contributed by atoms with Crippen LogP contribution in [0.5, 0.6) is 0 Å². The predicted octanol–water partition coefficient (Wildman–Crippen LogP) is 2.03. The van der Waals surface area contributed by atoms with Crippen LogP contribution in [0.15, 0.2) is 6.33 Å². The Balaban J connectivity index is 0.000000123. The Morgan fingerprint density at radius 3 is 1.47 bits per heavy atom. The van der Waals surface area contributed by atoms with Crippen LogP contribution in [0.25, 0.3) is 0 Å². The Morgan fingerprint density at radius 2 is 1.27 bits per heavy atom. The van der Waals surface area contributed by atoms with Crippen LogP contribution < -0.4 is 0 Å². The van der Waals surface area contributed by atoms with Crippen LogP contribution in [0.2, 0.25) is 0 Å². The smallest absolute Gasteiger partial charge is 0.161 e. The third-order valence-electron chi connectivity index (χ3n) is 4.27. The second-order valence-electron chi connectivity index (χ2n) is 5.44. The second kappa shape index (κ2) is 3.91. The maximum atomic E-state index is 3.38. The lowest BCUT2D eigenvalue weighted by Gasteiger charge is -2.49. The summed E-state index contributed by atoms with van der Waals surface area (Å²) in [5, 5.41) is 12.2. The van der Waals surface area contributed by atoms with Crippen LogP contribution in [-0.4, -0.2) is 20.6 Å². The van der Waals surface area contributed by atoms with Gasteiger partial charge in [0.1, 0.15) is 0 Å². The molecule has 0 spiro atoms. The van der Waals surface area contributed by atoms with E-state index in [2.05, 4.69) is 20.6 Å². The molecule has 4 bridgehead atoms. The standard InChI is InChI=1S/C10H16.CH2N4/c1-7-2-9-4-8(1)5-10(3-7)6-9;1-2-4-5-3-1/h7-10H,1-6H2;1H,(H,2,3,4,5). The predicted molar refractivity (Wildman–Crippen MR) is 55.8 cm³/mol. The van der Waals surface area contributed by atoms with Gasteiger partial charge in [-0.15, -0.1) is 10.2 Å². The van der Waals surface area contributed by atoms with Crippen LogP contribution >= 0.6 is 0 Å². The van der Waals surface area contributed by atoms with Crippen LogP contribution in [0, 0.1) is 23.7 Å². The van der Waals surface area contributed by atoms with Gasteiger partial charge in [0.05, 0.1) is 0 Å². The summed E-state index contributed by atoms with van der Waals surface area (Å²) in [7, 11) is 0. The van der Waals surface area contributed by atoms with Crippen LogP contribution in [-0.2, 0) is 0 Å². The lowest BCUT2D eigenvalue weighted by molar-refractivity contribution is 0.0198. The topological polar surface area (TPSA) is 54.5 Å². The van der Waals surface area contributed by atoms with Crippen molar-refractivity contribution in [3.63, 3.8) is 0 Å². The fourth-order valence-electron chi connectivity index (χ4n) is 4.11. The lowest BCUT2D eigenvalue weighted by Crippen LogP contribution is -2.38. The number of hydrogen-bond acceptors (Lipinski definition) is 3. The number of aromatic nitrogens is 4. The van der Waals surface area contributed by atoms with E-state index in [-0.39, 0.29) is 0 Å². The number of aromatic amines is 1. The van der Waals surface area contributed by atoms with Gasteiger partial charge in [-0.1, -0.05) is 5.21 Å². The summed E-state index contributed by atoms with van der Waals surface area (Å²) in [6, 6.07) is 0. The molecule has 1 N–H and O–H groups in total. The molecule has 0 unspecified atom stereocenters. The monoisotopic (exact) mass is 206 g/mol. The highest BCUT2D eigenvalue weighted by Gasteiger charge is 2.41. The molecule has 0 amide bonds. The molecule has 4 aliphatic carbocycles. The molecule has 0 atom stereocenters. The highest BCUT2D eigenvalue weighted by molar-refractivity contribution is 4.92. The summed E-state index contributed by atoms with van der Waals surface area (Å²) >= 11 is 0. The van der Waals surface area contributed by atoms with Gasteiger partial charge in [0.2, 0.25) is 0 Å². The zero-order valence-electron chi connectivity index (χ0n) is 8.97. The summed E-state index contributed by atoms with van der Waals surface area (Å²) < 4.78 is 0. The molecule has 4 saturated carbocycles. The SMILES string of the molecule is C1C2CC3CC1CC(C2)C3.c1nn[nH]n1. The molecule has 1 aromatic heterocycles. The van der Waals surface area contributed by atoms with Crippen molar-refractivity contribution in [2.24, 2.45) is 23.7 Å². The van der Waals surface area contributed by atoms with Crippen molar-refractivity contribution in [3.8, 4) is 0 Å². The summed E-state index contributed by atoms with van der Waals surface area (Å²) in [6.07, 6.45) is 11.0. The van der Waals surface area contributed by atoms with Gasteiger partial charge in [-0.05, 0) is 62.2 Å². The van der Waals surface area contributed by atoms with Gasteiger partial charge in [-0.25, -0.2) is 0 Å². The molecule has 0 radical (unpaired) electrons. The Kier molecular flexibility index (Phi) is 2.43. The summed E-state index contributed by atoms with van der Waals surface area (Å²) in [4.78, 5) is 0. The summed E-state index contributed by atoms with van der Waals surface area (Å²) in [5.74, 6) is 4.71. The molecule has 1 heterocycles. The van der Waals surface area contributed by atoms with Gasteiger partial charge in [0.15, 0.2) is 6.33 Å². The Hall–Kier alpha value is -0.930. The van der Waals surface area contributed by atoms with Gasteiger partial charge in [0, 0.05) is 0 Å². The molecule has 15 heavy (non-hydrogen) atoms. The van der Waals surface area contributed by atoms with Crippen LogP contribution in [0.4, 0.5) is 0 Å². The van der Waals surface area contributed by atoms with Crippen molar-refractivity contribution in [1.29, 1.82) is 0 Å². The Bertz CT molecular complexity index is 222. The van der Waals surface area contributed by atoms with Crippen molar-refractivity contribution >= 4 is 0 Å². The molecule has 0 aromatic carbocycles. The van der Waals surface area contributed by atoms with Gasteiger partial charge in [-0.2, -0.15) is 5.21 Å². The number of nitrogens with one attached hydrogen (secondary N) is 1. The number of hydrogen-bond donors (Lipinski definition) is 1. The van der Waals surface area contributed by atoms with Crippen LogP contribution in [0.3, 0.4) is 0 Å². The largest absolute Gasteiger partial charge is 0.177 e. The molecule has 0 aliphatic heterocycles. The number of nitrogens with zero attached hydrogens (tertiary/aromatic N) is 3. The highest BCUT2D eigenvalue weighted by atomic mass is 15.5. The molecule has 4 aliphatic rings. The van der Waals surface area contributed by atoms with Crippen molar-refractivity contribution in [2.45, 2.75) is 38.5 Å². The summed E-state index contributed by atoms with van der Waals surface area (Å²) in [5.41, 5.74) is 0. The quantitative estimate of drug-likeness (QED) is 0.706. The molecule has 1 aromatic rings. The van der Waals surface area contributed by atoms with E-state index in [1.54, 1.807) is 38.5 Å². The van der Waals surface area contributed by atoms with E-state index in [4.69, 9.17) is 0 Å². The average molecular weight is 206 g/mol. The maximum absolute atomic E-state index is 3.38. The molecule has 4 fully saturated rings. The molecule has 82 valence electrons. The number of rotatable bonds is 0. The maximum Gasteiger partial charge on any atom is 0.161 e. The van der Waals surface area contributed by atoms with Crippen LogP contribution in [0.1, 0.15) is 38.5 Å². The van der Waals surface area contributed by atoms with Crippen molar-refractivity contribution in [3.05, 3.63) is 6.33 Å². The Labute approximate surface area is 89.8 Å². The fourth-order valence-corrected chi connectivity index (χ4v) is 4.11. The highest BCUT2D eigenvalue weighted by Crippen LogP contribution is 2.53. The Morgan fingerprint density at radius 1 is 0.800 bits per heavy atom. The van der Waals surface area contributed by atoms with E-state index in [1.807, 2.05) is 0 Å². The van der Waals surface area contributed by atoms with Gasteiger partial charge in [0.25, 0.3) is 0 Å². The minimum Gasteiger partial charge on any atom is -0.177 e. The zero-order chi connectivity index (χ0) is 10.1. The lowest BCUT2D eigenvalue weighted by atomic mass is 9.56. The summed E-state index contributed by atoms with van der Waals surface area (Å²) in [6.45, 7) is 0. The van der Waals surface area contributed by atoms with Gasteiger partial charge < -0.3 is 0 Å². The second-order valence-corrected chi connectivity index (χ2v) is 5.44. The van der Waals surface area contributed by atoms with E-state index in [1.165, 1.54) is 30.0 Å². The fraction of sp³-hybridized carbons (Fsp3) is 0.909. The average Bonchev–Trinajstić information content (AvgIpc) is 2.72. The molecule has 5 rings (SSSR count). The van der Waals surface area contributed by atoms with Crippen molar-refractivity contribution in [1.82, 2.24) is 20.6 Å². The zero-order valence-corrected chi connectivity index (χ0v) is 8.97. The van der Waals surface area contributed by atoms with Gasteiger partial charge >= 0.3 is 0 Å². The third kappa shape index (κ3) is 2.03. The molecular weight excluding hydrogens is 188 g/mol. The number of H-pyrrole nitrogens is 1. The van der Waals surface area contributed by atoms with E-state index in [0.29, 0.717) is 0 Å². The van der Waals surface area contributed by atoms with E-state index in [0.717, 1.165) is 0 Å². The van der Waals surface area contributed by atoms with E-state index < -0.39 is 0 Å². The first-order valence-corrected chi connectivity index (χ1v) is 6.06. The first-order chi connectivity index (χ1) is 7.40. The number of tetrazole rings is 1. The molecular formula is C11H18N4. The van der Waals surface area contributed by atoms with Crippen molar-refractivity contribution < 1.29 is 0 Å². The molecule has 4 nitrogen and oxygen atoms in total. The first kappa shape index (κ1) is 9.31.